The minimum Gasteiger partial charge on any atom is -0.488 e. The van der Waals surface area contributed by atoms with Crippen LogP contribution in [0.3, 0.4) is 0 Å². The van der Waals surface area contributed by atoms with Crippen LogP contribution < -0.4 is 4.74 Å². The zero-order valence-electron chi connectivity index (χ0n) is 17.1. The molecule has 0 bridgehead atoms. The summed E-state index contributed by atoms with van der Waals surface area (Å²) in [7, 11) is -0.886. The van der Waals surface area contributed by atoms with Crippen LogP contribution in [0.5, 0.6) is 5.75 Å². The van der Waals surface area contributed by atoms with Crippen LogP contribution in [0, 0.1) is 11.8 Å². The maximum atomic E-state index is 12.2. The van der Waals surface area contributed by atoms with E-state index < -0.39 is 21.1 Å². The second kappa shape index (κ2) is 9.53. The highest BCUT2D eigenvalue weighted by Crippen LogP contribution is 2.45. The molecule has 1 nitrogen and oxygen atoms in total. The lowest BCUT2D eigenvalue weighted by Gasteiger charge is -2.41. The van der Waals surface area contributed by atoms with E-state index in [2.05, 4.69) is 25.6 Å². The molecule has 2 aliphatic rings. The van der Waals surface area contributed by atoms with Gasteiger partial charge in [-0.1, -0.05) is 63.0 Å². The van der Waals surface area contributed by atoms with E-state index in [1.807, 2.05) is 12.1 Å². The predicted molar refractivity (Wildman–Crippen MR) is 112 cm³/mol. The van der Waals surface area contributed by atoms with Gasteiger partial charge in [-0.3, -0.25) is 0 Å². The van der Waals surface area contributed by atoms with Gasteiger partial charge in [0.2, 0.25) is 0 Å². The minimum atomic E-state index is -2.41. The zero-order chi connectivity index (χ0) is 19.3. The monoisotopic (exact) mass is 394 g/mol. The third-order valence-electron chi connectivity index (χ3n) is 7.26. The number of rotatable bonds is 7. The first-order valence-corrected chi connectivity index (χ1v) is 14.1. The van der Waals surface area contributed by atoms with Gasteiger partial charge in [0.25, 0.3) is 6.43 Å². The largest absolute Gasteiger partial charge is 0.488 e. The molecule has 1 aromatic carbocycles. The van der Waals surface area contributed by atoms with Crippen LogP contribution >= 0.6 is 0 Å². The molecule has 1 saturated carbocycles. The van der Waals surface area contributed by atoms with Crippen LogP contribution in [-0.2, 0) is 0 Å². The van der Waals surface area contributed by atoms with Gasteiger partial charge in [0.05, 0.1) is 8.07 Å². The first-order valence-electron chi connectivity index (χ1n) is 11.0. The minimum absolute atomic E-state index is 0.522. The van der Waals surface area contributed by atoms with E-state index in [9.17, 15) is 8.78 Å². The fourth-order valence-corrected chi connectivity index (χ4v) is 9.67. The van der Waals surface area contributed by atoms with Gasteiger partial charge in [-0.25, -0.2) is 8.78 Å². The van der Waals surface area contributed by atoms with Gasteiger partial charge < -0.3 is 4.74 Å². The van der Waals surface area contributed by atoms with Crippen LogP contribution in [0.4, 0.5) is 8.78 Å². The summed E-state index contributed by atoms with van der Waals surface area (Å²) in [6, 6.07) is 12.5. The van der Waals surface area contributed by atoms with Crippen LogP contribution in [0.2, 0.25) is 24.7 Å². The molecule has 0 amide bonds. The van der Waals surface area contributed by atoms with Gasteiger partial charge in [0, 0.05) is 0 Å². The molecular weight excluding hydrogens is 358 g/mol. The molecule has 152 valence electrons. The van der Waals surface area contributed by atoms with Crippen molar-refractivity contribution in [2.75, 3.05) is 6.61 Å². The summed E-state index contributed by atoms with van der Waals surface area (Å²) in [5, 5.41) is 0. The Kier molecular flexibility index (Phi) is 7.35. The van der Waals surface area contributed by atoms with Crippen molar-refractivity contribution in [2.24, 2.45) is 11.8 Å². The normalized spacial score (nSPS) is 31.8. The number of hydrogen-bond donors (Lipinski definition) is 0. The lowest BCUT2D eigenvalue weighted by atomic mass is 9.72. The Hall–Kier alpha value is -0.903. The second-order valence-corrected chi connectivity index (χ2v) is 14.4. The van der Waals surface area contributed by atoms with Gasteiger partial charge in [0.15, 0.2) is 0 Å². The van der Waals surface area contributed by atoms with Crippen molar-refractivity contribution in [2.45, 2.75) is 88.9 Å². The van der Waals surface area contributed by atoms with E-state index in [0.29, 0.717) is 11.7 Å². The average Bonchev–Trinajstić information content (AvgIpc) is 2.68. The highest BCUT2D eigenvalue weighted by molar-refractivity contribution is 6.78. The molecule has 0 radical (unpaired) electrons. The molecule has 1 aliphatic heterocycles. The third kappa shape index (κ3) is 5.79. The Morgan fingerprint density at radius 3 is 2.11 bits per heavy atom. The van der Waals surface area contributed by atoms with Gasteiger partial charge in [-0.2, -0.15) is 0 Å². The Morgan fingerprint density at radius 2 is 1.56 bits per heavy atom. The number of halogens is 2. The molecule has 0 atom stereocenters. The molecule has 1 aliphatic carbocycles. The Morgan fingerprint density at radius 1 is 0.963 bits per heavy atom. The molecule has 1 aromatic rings. The van der Waals surface area contributed by atoms with Gasteiger partial charge in [0.1, 0.15) is 12.4 Å². The summed E-state index contributed by atoms with van der Waals surface area (Å²) in [6.07, 6.45) is 7.25. The van der Waals surface area contributed by atoms with Crippen molar-refractivity contribution in [3.05, 3.63) is 29.8 Å². The molecule has 2 fully saturated rings. The van der Waals surface area contributed by atoms with Crippen LogP contribution in [0.25, 0.3) is 0 Å². The summed E-state index contributed by atoms with van der Waals surface area (Å²) in [5.74, 6) is 3.10. The molecule has 27 heavy (non-hydrogen) atoms. The maximum absolute atomic E-state index is 12.2. The number of benzene rings is 1. The highest BCUT2D eigenvalue weighted by Gasteiger charge is 2.36. The molecule has 4 heteroatoms. The first kappa shape index (κ1) is 20.8. The predicted octanol–water partition coefficient (Wildman–Crippen LogP) is 7.50. The van der Waals surface area contributed by atoms with E-state index in [4.69, 9.17) is 4.74 Å². The fraction of sp³-hybridized carbons (Fsp3) is 0.739. The van der Waals surface area contributed by atoms with E-state index >= 15 is 0 Å². The topological polar surface area (TPSA) is 9.23 Å². The van der Waals surface area contributed by atoms with Crippen molar-refractivity contribution in [1.82, 2.24) is 0 Å². The van der Waals surface area contributed by atoms with E-state index in [0.717, 1.165) is 11.8 Å². The smallest absolute Gasteiger partial charge is 0.272 e. The quantitative estimate of drug-likeness (QED) is 0.435. The summed E-state index contributed by atoms with van der Waals surface area (Å²) < 4.78 is 29.6. The standard InChI is InChI=1S/C23H36F2OSi/c1-3-14-27(2)15-12-21(13-16-27)19-6-4-18(5-7-19)20-8-10-22(11-9-20)26-17-23(24)25/h8-11,18-19,21,23H,3-7,12-17H2,1-2H3. The fourth-order valence-electron chi connectivity index (χ4n) is 5.58. The van der Waals surface area contributed by atoms with Crippen molar-refractivity contribution in [1.29, 1.82) is 0 Å². The SMILES string of the molecule is CCC[Si]1(C)CCC(C2CCC(c3ccc(OCC(F)F)cc3)CC2)CC1. The number of hydrogen-bond acceptors (Lipinski definition) is 1. The van der Waals surface area contributed by atoms with Crippen LogP contribution in [0.1, 0.15) is 63.4 Å². The van der Waals surface area contributed by atoms with Gasteiger partial charge in [-0.05, 0) is 61.1 Å². The summed E-state index contributed by atoms with van der Waals surface area (Å²) in [5.41, 5.74) is 1.35. The van der Waals surface area contributed by atoms with Crippen molar-refractivity contribution in [3.8, 4) is 5.75 Å². The molecule has 0 aromatic heterocycles. The average molecular weight is 395 g/mol. The van der Waals surface area contributed by atoms with E-state index in [1.165, 1.54) is 56.6 Å². The highest BCUT2D eigenvalue weighted by atomic mass is 28.3. The third-order valence-corrected chi connectivity index (χ3v) is 12.0. The Balaban J connectivity index is 1.45. The second-order valence-electron chi connectivity index (χ2n) is 9.28. The zero-order valence-corrected chi connectivity index (χ0v) is 18.1. The lowest BCUT2D eigenvalue weighted by Crippen LogP contribution is -2.36. The number of alkyl halides is 2. The molecule has 0 unspecified atom stereocenters. The molecule has 1 heterocycles. The first-order chi connectivity index (χ1) is 13.0. The van der Waals surface area contributed by atoms with Gasteiger partial charge in [-0.15, -0.1) is 0 Å². The maximum Gasteiger partial charge on any atom is 0.272 e. The Labute approximate surface area is 164 Å². The molecule has 0 spiro atoms. The molecule has 3 rings (SSSR count). The number of ether oxygens (including phenoxy) is 1. The summed E-state index contributed by atoms with van der Waals surface area (Å²) >= 11 is 0. The van der Waals surface area contributed by atoms with Crippen LogP contribution in [-0.4, -0.2) is 21.1 Å². The van der Waals surface area contributed by atoms with E-state index in [-0.39, 0.29) is 0 Å². The Bertz CT molecular complexity index is 558. The van der Waals surface area contributed by atoms with Gasteiger partial charge >= 0.3 is 0 Å². The van der Waals surface area contributed by atoms with Crippen molar-refractivity contribution in [3.63, 3.8) is 0 Å². The van der Waals surface area contributed by atoms with Crippen molar-refractivity contribution >= 4 is 8.07 Å². The molecular formula is C23H36F2OSi. The van der Waals surface area contributed by atoms with Crippen molar-refractivity contribution < 1.29 is 13.5 Å². The van der Waals surface area contributed by atoms with E-state index in [1.54, 1.807) is 12.1 Å². The van der Waals surface area contributed by atoms with Crippen LogP contribution in [0.15, 0.2) is 24.3 Å². The summed E-state index contributed by atoms with van der Waals surface area (Å²) in [6.45, 7) is 4.47. The molecule has 0 N–H and O–H groups in total. The molecule has 1 saturated heterocycles. The lowest BCUT2D eigenvalue weighted by molar-refractivity contribution is 0.0819. The summed E-state index contributed by atoms with van der Waals surface area (Å²) in [4.78, 5) is 0.